The molecule has 0 spiro atoms. The second-order valence-electron chi connectivity index (χ2n) is 6.27. The van der Waals surface area contributed by atoms with Crippen molar-refractivity contribution in [2.24, 2.45) is 4.99 Å². The van der Waals surface area contributed by atoms with E-state index in [-0.39, 0.29) is 12.5 Å². The first-order valence-corrected chi connectivity index (χ1v) is 8.87. The molecule has 2 rings (SSSR count). The fourth-order valence-electron chi connectivity index (χ4n) is 2.72. The van der Waals surface area contributed by atoms with Crippen molar-refractivity contribution < 1.29 is 4.79 Å². The normalized spacial score (nSPS) is 11.1. The lowest BCUT2D eigenvalue weighted by Gasteiger charge is -2.22. The van der Waals surface area contributed by atoms with Gasteiger partial charge in [-0.1, -0.05) is 54.6 Å². The molecule has 0 radical (unpaired) electrons. The molecule has 2 N–H and O–H groups in total. The highest BCUT2D eigenvalue weighted by atomic mass is 16.1. The van der Waals surface area contributed by atoms with Crippen molar-refractivity contribution in [3.63, 3.8) is 0 Å². The van der Waals surface area contributed by atoms with Crippen molar-refractivity contribution in [3.05, 3.63) is 71.3 Å². The largest absolute Gasteiger partial charge is 0.354 e. The molecule has 0 saturated carbocycles. The average molecular weight is 352 g/mol. The Labute approximate surface area is 156 Å². The second-order valence-corrected chi connectivity index (χ2v) is 6.27. The van der Waals surface area contributed by atoms with Crippen LogP contribution in [0, 0.1) is 6.92 Å². The highest BCUT2D eigenvalue weighted by Crippen LogP contribution is 2.09. The summed E-state index contributed by atoms with van der Waals surface area (Å²) in [5.41, 5.74) is 3.70. The predicted octanol–water partition coefficient (Wildman–Crippen LogP) is 2.36. The molecule has 2 aromatic rings. The standard InChI is InChI=1S/C21H28N4O/c1-17-9-7-8-12-19(17)16-25(3)21(22-2)24-15-20(26)23-14-13-18-10-5-4-6-11-18/h4-12H,13-16H2,1-3H3,(H,22,24)(H,23,26). The van der Waals surface area contributed by atoms with Crippen LogP contribution in [0.1, 0.15) is 16.7 Å². The molecule has 5 nitrogen and oxygen atoms in total. The maximum absolute atomic E-state index is 12.0. The van der Waals surface area contributed by atoms with Crippen LogP contribution in [0.25, 0.3) is 0 Å². The molecule has 0 saturated heterocycles. The van der Waals surface area contributed by atoms with Crippen LogP contribution in [0.4, 0.5) is 0 Å². The Bertz CT molecular complexity index is 728. The lowest BCUT2D eigenvalue weighted by atomic mass is 10.1. The lowest BCUT2D eigenvalue weighted by molar-refractivity contribution is -0.120. The molecule has 138 valence electrons. The summed E-state index contributed by atoms with van der Waals surface area (Å²) in [5.74, 6) is 0.665. The molecule has 0 atom stereocenters. The number of aliphatic imine (C=N–C) groups is 1. The molecule has 2 aromatic carbocycles. The molecular formula is C21H28N4O. The van der Waals surface area contributed by atoms with Gasteiger partial charge in [0.15, 0.2) is 5.96 Å². The highest BCUT2D eigenvalue weighted by molar-refractivity contribution is 5.86. The number of carbonyl (C=O) groups is 1. The van der Waals surface area contributed by atoms with Crippen molar-refractivity contribution in [3.8, 4) is 0 Å². The Morgan fingerprint density at radius 2 is 1.73 bits per heavy atom. The molecule has 0 aromatic heterocycles. The Morgan fingerprint density at radius 3 is 2.42 bits per heavy atom. The number of benzene rings is 2. The van der Waals surface area contributed by atoms with Gasteiger partial charge in [0.1, 0.15) is 0 Å². The van der Waals surface area contributed by atoms with E-state index in [1.807, 2.05) is 42.3 Å². The zero-order valence-corrected chi connectivity index (χ0v) is 15.8. The summed E-state index contributed by atoms with van der Waals surface area (Å²) in [6, 6.07) is 18.4. The second kappa shape index (κ2) is 10.2. The summed E-state index contributed by atoms with van der Waals surface area (Å²) in [4.78, 5) is 18.3. The topological polar surface area (TPSA) is 56.7 Å². The zero-order valence-electron chi connectivity index (χ0n) is 15.8. The van der Waals surface area contributed by atoms with Crippen LogP contribution in [-0.2, 0) is 17.8 Å². The summed E-state index contributed by atoms with van der Waals surface area (Å²) in [5, 5.41) is 6.05. The summed E-state index contributed by atoms with van der Waals surface area (Å²) < 4.78 is 0. The van der Waals surface area contributed by atoms with Crippen LogP contribution in [0.2, 0.25) is 0 Å². The zero-order chi connectivity index (χ0) is 18.8. The van der Waals surface area contributed by atoms with Gasteiger partial charge in [-0.3, -0.25) is 9.79 Å². The number of hydrogen-bond acceptors (Lipinski definition) is 2. The van der Waals surface area contributed by atoms with Gasteiger partial charge >= 0.3 is 0 Å². The summed E-state index contributed by atoms with van der Waals surface area (Å²) in [6.45, 7) is 3.67. The first-order chi connectivity index (χ1) is 12.6. The average Bonchev–Trinajstić information content (AvgIpc) is 2.65. The summed E-state index contributed by atoms with van der Waals surface area (Å²) >= 11 is 0. The van der Waals surface area contributed by atoms with E-state index in [0.29, 0.717) is 12.5 Å². The molecule has 1 amide bonds. The van der Waals surface area contributed by atoms with Gasteiger partial charge in [0.25, 0.3) is 0 Å². The van der Waals surface area contributed by atoms with Crippen LogP contribution >= 0.6 is 0 Å². The van der Waals surface area contributed by atoms with E-state index in [1.165, 1.54) is 16.7 Å². The number of rotatable bonds is 7. The minimum atomic E-state index is -0.0358. The maximum atomic E-state index is 12.0. The monoisotopic (exact) mass is 352 g/mol. The first-order valence-electron chi connectivity index (χ1n) is 8.87. The fraction of sp³-hybridized carbons (Fsp3) is 0.333. The van der Waals surface area contributed by atoms with Gasteiger partial charge in [0, 0.05) is 27.2 Å². The van der Waals surface area contributed by atoms with Crippen molar-refractivity contribution in [1.82, 2.24) is 15.5 Å². The van der Waals surface area contributed by atoms with E-state index in [4.69, 9.17) is 0 Å². The van der Waals surface area contributed by atoms with Crippen molar-refractivity contribution in [2.75, 3.05) is 27.2 Å². The molecule has 0 bridgehead atoms. The number of nitrogens with one attached hydrogen (secondary N) is 2. The number of aryl methyl sites for hydroxylation is 1. The van der Waals surface area contributed by atoms with E-state index >= 15 is 0 Å². The van der Waals surface area contributed by atoms with Gasteiger partial charge < -0.3 is 15.5 Å². The van der Waals surface area contributed by atoms with Crippen LogP contribution in [0.3, 0.4) is 0 Å². The molecule has 0 unspecified atom stereocenters. The van der Waals surface area contributed by atoms with Crippen molar-refractivity contribution in [1.29, 1.82) is 0 Å². The van der Waals surface area contributed by atoms with Crippen LogP contribution in [0.5, 0.6) is 0 Å². The smallest absolute Gasteiger partial charge is 0.239 e. The number of hydrogen-bond donors (Lipinski definition) is 2. The predicted molar refractivity (Wildman–Crippen MR) is 107 cm³/mol. The number of carbonyl (C=O) groups excluding carboxylic acids is 1. The molecule has 26 heavy (non-hydrogen) atoms. The molecule has 0 aliphatic rings. The highest BCUT2D eigenvalue weighted by Gasteiger charge is 2.09. The number of nitrogens with zero attached hydrogens (tertiary/aromatic N) is 2. The van der Waals surface area contributed by atoms with E-state index < -0.39 is 0 Å². The fourth-order valence-corrected chi connectivity index (χ4v) is 2.72. The maximum Gasteiger partial charge on any atom is 0.239 e. The molecule has 0 fully saturated rings. The summed E-state index contributed by atoms with van der Waals surface area (Å²) in [7, 11) is 3.69. The van der Waals surface area contributed by atoms with Crippen molar-refractivity contribution in [2.45, 2.75) is 19.9 Å². The van der Waals surface area contributed by atoms with Gasteiger partial charge in [-0.2, -0.15) is 0 Å². The first kappa shape index (κ1) is 19.5. The molecule has 0 aliphatic heterocycles. The number of amides is 1. The minimum Gasteiger partial charge on any atom is -0.354 e. The molecule has 0 aliphatic carbocycles. The molecular weight excluding hydrogens is 324 g/mol. The van der Waals surface area contributed by atoms with Crippen LogP contribution in [-0.4, -0.2) is 44.0 Å². The van der Waals surface area contributed by atoms with Gasteiger partial charge in [-0.25, -0.2) is 0 Å². The quantitative estimate of drug-likeness (QED) is 0.594. The van der Waals surface area contributed by atoms with Gasteiger partial charge in [-0.05, 0) is 30.0 Å². The van der Waals surface area contributed by atoms with E-state index in [2.05, 4.69) is 46.8 Å². The van der Waals surface area contributed by atoms with E-state index in [9.17, 15) is 4.79 Å². The molecule has 0 heterocycles. The summed E-state index contributed by atoms with van der Waals surface area (Å²) in [6.07, 6.45) is 0.828. The minimum absolute atomic E-state index is 0.0358. The van der Waals surface area contributed by atoms with E-state index in [0.717, 1.165) is 13.0 Å². The third kappa shape index (κ3) is 6.24. The molecule has 5 heteroatoms. The van der Waals surface area contributed by atoms with Crippen molar-refractivity contribution >= 4 is 11.9 Å². The van der Waals surface area contributed by atoms with Gasteiger partial charge in [0.05, 0.1) is 6.54 Å². The Hall–Kier alpha value is -2.82. The van der Waals surface area contributed by atoms with Crippen LogP contribution < -0.4 is 10.6 Å². The lowest BCUT2D eigenvalue weighted by Crippen LogP contribution is -2.44. The Balaban J connectivity index is 1.75. The van der Waals surface area contributed by atoms with Crippen LogP contribution in [0.15, 0.2) is 59.6 Å². The van der Waals surface area contributed by atoms with Gasteiger partial charge in [0.2, 0.25) is 5.91 Å². The third-order valence-corrected chi connectivity index (χ3v) is 4.23. The van der Waals surface area contributed by atoms with E-state index in [1.54, 1.807) is 7.05 Å². The van der Waals surface area contributed by atoms with Gasteiger partial charge in [-0.15, -0.1) is 0 Å². The SMILES string of the molecule is CN=C(NCC(=O)NCCc1ccccc1)N(C)Cc1ccccc1C. The third-order valence-electron chi connectivity index (χ3n) is 4.23. The number of guanidine groups is 1. The Morgan fingerprint density at radius 1 is 1.04 bits per heavy atom. The Kier molecular flexibility index (Phi) is 7.68.